The van der Waals surface area contributed by atoms with E-state index < -0.39 is 0 Å². The van der Waals surface area contributed by atoms with Crippen molar-refractivity contribution in [1.29, 1.82) is 0 Å². The first-order chi connectivity index (χ1) is 11.5. The van der Waals surface area contributed by atoms with Gasteiger partial charge in [-0.25, -0.2) is 0 Å². The molecule has 6 heteroatoms. The van der Waals surface area contributed by atoms with Crippen LogP contribution in [-0.2, 0) is 0 Å². The van der Waals surface area contributed by atoms with E-state index in [1.807, 2.05) is 17.0 Å². The van der Waals surface area contributed by atoms with E-state index in [2.05, 4.69) is 26.0 Å². The zero-order valence-corrected chi connectivity index (χ0v) is 17.0. The smallest absolute Gasteiger partial charge is 0.254 e. The molecule has 2 N–H and O–H groups in total. The van der Waals surface area contributed by atoms with Gasteiger partial charge in [0, 0.05) is 30.1 Å². The Morgan fingerprint density at radius 3 is 2.65 bits per heavy atom. The van der Waals surface area contributed by atoms with E-state index in [1.54, 1.807) is 0 Å². The molecule has 2 aliphatic rings. The van der Waals surface area contributed by atoms with Crippen molar-refractivity contribution in [1.82, 2.24) is 9.88 Å². The second-order valence-corrected chi connectivity index (χ2v) is 7.88. The highest BCUT2D eigenvalue weighted by molar-refractivity contribution is 6.06. The Kier molecular flexibility index (Phi) is 6.21. The van der Waals surface area contributed by atoms with E-state index in [4.69, 9.17) is 10.7 Å². The first-order valence-electron chi connectivity index (χ1n) is 8.90. The van der Waals surface area contributed by atoms with E-state index in [-0.39, 0.29) is 36.1 Å². The quantitative estimate of drug-likeness (QED) is 0.851. The lowest BCUT2D eigenvalue weighted by atomic mass is 9.90. The van der Waals surface area contributed by atoms with Crippen LogP contribution in [0, 0.1) is 12.3 Å². The van der Waals surface area contributed by atoms with E-state index in [9.17, 15) is 4.79 Å². The van der Waals surface area contributed by atoms with Crippen molar-refractivity contribution in [3.8, 4) is 0 Å². The molecule has 1 aliphatic carbocycles. The van der Waals surface area contributed by atoms with Crippen LogP contribution >= 0.6 is 24.8 Å². The first kappa shape index (κ1) is 20.9. The zero-order valence-electron chi connectivity index (χ0n) is 15.3. The normalized spacial score (nSPS) is 22.0. The number of rotatable bonds is 3. The lowest BCUT2D eigenvalue weighted by Gasteiger charge is -2.23. The number of likely N-dealkylation sites (tertiary alicyclic amines) is 1. The SMILES string of the molecule is Cc1ccc2nc(C3CC3)cc(C(=O)N3CCC(C)(CN)C3)c2c1.Cl.Cl. The fourth-order valence-corrected chi connectivity index (χ4v) is 3.66. The molecule has 1 aromatic carbocycles. The fraction of sp³-hybridized carbons (Fsp3) is 0.500. The van der Waals surface area contributed by atoms with E-state index in [0.29, 0.717) is 12.5 Å². The van der Waals surface area contributed by atoms with Crippen LogP contribution in [0.3, 0.4) is 0 Å². The second-order valence-electron chi connectivity index (χ2n) is 7.88. The van der Waals surface area contributed by atoms with Gasteiger partial charge in [0.25, 0.3) is 5.91 Å². The van der Waals surface area contributed by atoms with Crippen LogP contribution in [0.2, 0.25) is 0 Å². The average molecular weight is 396 g/mol. The Hall–Kier alpha value is -1.36. The molecule has 4 rings (SSSR count). The highest BCUT2D eigenvalue weighted by Crippen LogP contribution is 2.40. The highest BCUT2D eigenvalue weighted by Gasteiger charge is 2.36. The Balaban J connectivity index is 0.00000121. The maximum atomic E-state index is 13.2. The van der Waals surface area contributed by atoms with Crippen molar-refractivity contribution in [3.05, 3.63) is 41.1 Å². The Morgan fingerprint density at radius 2 is 2.04 bits per heavy atom. The number of pyridine rings is 1. The van der Waals surface area contributed by atoms with Crippen molar-refractivity contribution in [2.75, 3.05) is 19.6 Å². The van der Waals surface area contributed by atoms with Crippen LogP contribution in [0.1, 0.15) is 53.7 Å². The number of carbonyl (C=O) groups excluding carboxylic acids is 1. The topological polar surface area (TPSA) is 59.2 Å². The number of carbonyl (C=O) groups is 1. The number of aryl methyl sites for hydroxylation is 1. The summed E-state index contributed by atoms with van der Waals surface area (Å²) in [7, 11) is 0. The van der Waals surface area contributed by atoms with Gasteiger partial charge in [0.2, 0.25) is 0 Å². The predicted molar refractivity (Wildman–Crippen MR) is 111 cm³/mol. The summed E-state index contributed by atoms with van der Waals surface area (Å²) in [4.78, 5) is 20.0. The summed E-state index contributed by atoms with van der Waals surface area (Å²) in [5.74, 6) is 0.669. The van der Waals surface area contributed by atoms with Gasteiger partial charge in [-0.05, 0) is 56.3 Å². The van der Waals surface area contributed by atoms with Gasteiger partial charge in [-0.1, -0.05) is 18.6 Å². The summed E-state index contributed by atoms with van der Waals surface area (Å²) in [6, 6.07) is 8.24. The monoisotopic (exact) mass is 395 g/mol. The molecule has 2 heterocycles. The molecule has 1 amide bonds. The Bertz CT molecular complexity index is 822. The number of benzene rings is 1. The van der Waals surface area contributed by atoms with Gasteiger partial charge in [-0.3, -0.25) is 9.78 Å². The molecule has 0 bridgehead atoms. The minimum absolute atomic E-state index is 0. The molecule has 142 valence electrons. The molecule has 1 saturated carbocycles. The molecular weight excluding hydrogens is 369 g/mol. The van der Waals surface area contributed by atoms with Gasteiger partial charge in [-0.2, -0.15) is 0 Å². The minimum Gasteiger partial charge on any atom is -0.338 e. The molecule has 1 aliphatic heterocycles. The number of hydrogen-bond donors (Lipinski definition) is 1. The van der Waals surface area contributed by atoms with Crippen LogP contribution in [0.5, 0.6) is 0 Å². The molecule has 26 heavy (non-hydrogen) atoms. The maximum Gasteiger partial charge on any atom is 0.254 e. The molecule has 0 spiro atoms. The third-order valence-corrected chi connectivity index (χ3v) is 5.55. The summed E-state index contributed by atoms with van der Waals surface area (Å²) in [5, 5.41) is 0.978. The lowest BCUT2D eigenvalue weighted by molar-refractivity contribution is 0.0778. The molecule has 2 aromatic rings. The fourth-order valence-electron chi connectivity index (χ4n) is 3.66. The van der Waals surface area contributed by atoms with Gasteiger partial charge in [0.1, 0.15) is 0 Å². The third-order valence-electron chi connectivity index (χ3n) is 5.55. The minimum atomic E-state index is 0. The van der Waals surface area contributed by atoms with Crippen molar-refractivity contribution < 1.29 is 4.79 Å². The van der Waals surface area contributed by atoms with Crippen molar-refractivity contribution in [2.24, 2.45) is 11.1 Å². The van der Waals surface area contributed by atoms with Gasteiger partial charge in [0.15, 0.2) is 0 Å². The summed E-state index contributed by atoms with van der Waals surface area (Å²) in [5.41, 5.74) is 9.94. The van der Waals surface area contributed by atoms with Crippen molar-refractivity contribution in [3.63, 3.8) is 0 Å². The first-order valence-corrected chi connectivity index (χ1v) is 8.90. The van der Waals surface area contributed by atoms with E-state index in [1.165, 1.54) is 12.8 Å². The standard InChI is InChI=1S/C20H25N3O.2ClH/c1-13-3-6-17-15(9-13)16(10-18(22-17)14-4-5-14)19(24)23-8-7-20(2,11-21)12-23;;/h3,6,9-10,14H,4-5,7-8,11-12,21H2,1-2H3;2*1H. The highest BCUT2D eigenvalue weighted by atomic mass is 35.5. The van der Waals surface area contributed by atoms with Gasteiger partial charge in [-0.15, -0.1) is 24.8 Å². The van der Waals surface area contributed by atoms with E-state index in [0.717, 1.165) is 47.2 Å². The maximum absolute atomic E-state index is 13.2. The number of aromatic nitrogens is 1. The third kappa shape index (κ3) is 3.83. The average Bonchev–Trinajstić information content (AvgIpc) is 3.36. The number of hydrogen-bond acceptors (Lipinski definition) is 3. The number of amides is 1. The summed E-state index contributed by atoms with van der Waals surface area (Å²) >= 11 is 0. The second kappa shape index (κ2) is 7.71. The molecule has 1 saturated heterocycles. The van der Waals surface area contributed by atoms with Crippen molar-refractivity contribution in [2.45, 2.75) is 39.0 Å². The van der Waals surface area contributed by atoms with Crippen molar-refractivity contribution >= 4 is 41.6 Å². The molecule has 1 unspecified atom stereocenters. The van der Waals surface area contributed by atoms with Gasteiger partial charge >= 0.3 is 0 Å². The predicted octanol–water partition coefficient (Wildman–Crippen LogP) is 4.08. The molecule has 4 nitrogen and oxygen atoms in total. The van der Waals surface area contributed by atoms with Crippen LogP contribution in [0.15, 0.2) is 24.3 Å². The summed E-state index contributed by atoms with van der Waals surface area (Å²) < 4.78 is 0. The molecular formula is C20H27Cl2N3O. The van der Waals surface area contributed by atoms with Crippen LogP contribution in [-0.4, -0.2) is 35.4 Å². The molecule has 0 radical (unpaired) electrons. The Morgan fingerprint density at radius 1 is 1.31 bits per heavy atom. The zero-order chi connectivity index (χ0) is 16.9. The number of fused-ring (bicyclic) bond motifs is 1. The van der Waals surface area contributed by atoms with E-state index >= 15 is 0 Å². The number of nitrogens with zero attached hydrogens (tertiary/aromatic N) is 2. The largest absolute Gasteiger partial charge is 0.338 e. The summed E-state index contributed by atoms with van der Waals surface area (Å²) in [6.07, 6.45) is 3.35. The van der Waals surface area contributed by atoms with Crippen LogP contribution in [0.4, 0.5) is 0 Å². The Labute approximate surface area is 167 Å². The van der Waals surface area contributed by atoms with Gasteiger partial charge < -0.3 is 10.6 Å². The molecule has 1 atom stereocenters. The number of halogens is 2. The molecule has 1 aromatic heterocycles. The van der Waals surface area contributed by atoms with Crippen LogP contribution in [0.25, 0.3) is 10.9 Å². The molecule has 2 fully saturated rings. The van der Waals surface area contributed by atoms with Gasteiger partial charge in [0.05, 0.1) is 11.1 Å². The summed E-state index contributed by atoms with van der Waals surface area (Å²) in [6.45, 7) is 6.40. The lowest BCUT2D eigenvalue weighted by Crippen LogP contribution is -2.34. The van der Waals surface area contributed by atoms with Crippen LogP contribution < -0.4 is 5.73 Å². The number of nitrogens with two attached hydrogens (primary N) is 1.